The molecule has 5 heteroatoms. The number of benzene rings is 1. The van der Waals surface area contributed by atoms with Crippen molar-refractivity contribution in [2.24, 2.45) is 5.41 Å². The number of halogens is 1. The molecule has 0 saturated carbocycles. The molecule has 1 aromatic rings. The van der Waals surface area contributed by atoms with Gasteiger partial charge in [0.2, 0.25) is 5.91 Å². The van der Waals surface area contributed by atoms with Gasteiger partial charge in [-0.25, -0.2) is 0 Å². The van der Waals surface area contributed by atoms with Crippen LogP contribution < -0.4 is 10.6 Å². The quantitative estimate of drug-likeness (QED) is 0.740. The maximum atomic E-state index is 13.0. The fourth-order valence-electron chi connectivity index (χ4n) is 3.86. The van der Waals surface area contributed by atoms with Gasteiger partial charge in [0, 0.05) is 19.1 Å². The molecule has 0 atom stereocenters. The third kappa shape index (κ3) is 4.96. The molecule has 0 spiro atoms. The van der Waals surface area contributed by atoms with Crippen LogP contribution >= 0.6 is 12.4 Å². The number of ether oxygens (including phenoxy) is 1. The van der Waals surface area contributed by atoms with Crippen molar-refractivity contribution in [2.45, 2.75) is 44.9 Å². The van der Waals surface area contributed by atoms with Crippen LogP contribution in [0.4, 0.5) is 0 Å². The Kier molecular flexibility index (Phi) is 8.91. The van der Waals surface area contributed by atoms with E-state index in [0.717, 1.165) is 38.8 Å². The second kappa shape index (κ2) is 10.1. The van der Waals surface area contributed by atoms with E-state index < -0.39 is 0 Å². The number of carbonyl (C=O) groups excluding carboxylic acids is 1. The van der Waals surface area contributed by atoms with E-state index in [0.29, 0.717) is 13.2 Å². The molecule has 1 saturated heterocycles. The normalized spacial score (nSPS) is 16.8. The summed E-state index contributed by atoms with van der Waals surface area (Å²) in [5.41, 5.74) is 0.920. The third-order valence-corrected chi connectivity index (χ3v) is 5.79. The second-order valence-electron chi connectivity index (χ2n) is 7.00. The number of hydrogen-bond acceptors (Lipinski definition) is 3. The Hall–Kier alpha value is -1.10. The van der Waals surface area contributed by atoms with Crippen LogP contribution in [0.25, 0.3) is 0 Å². The molecule has 0 unspecified atom stereocenters. The smallest absolute Gasteiger partial charge is 0.228 e. The molecule has 1 amide bonds. The van der Waals surface area contributed by atoms with E-state index in [4.69, 9.17) is 4.74 Å². The van der Waals surface area contributed by atoms with Crippen molar-refractivity contribution < 1.29 is 9.53 Å². The largest absolute Gasteiger partial charge is 0.384 e. The van der Waals surface area contributed by atoms with Crippen LogP contribution in [0.1, 0.15) is 45.1 Å². The lowest BCUT2D eigenvalue weighted by atomic mass is 9.74. The standard InChI is InChI=1S/C20H32N2O2.ClH/c1-4-19(5-2,17-9-7-6-8-10-17)15-22-18(23)20(16-24-3)11-13-21-14-12-20;/h6-10,21H,4-5,11-16H2,1-3H3,(H,22,23);1H. The Morgan fingerprint density at radius 2 is 1.80 bits per heavy atom. The van der Waals surface area contributed by atoms with E-state index in [1.54, 1.807) is 7.11 Å². The molecule has 142 valence electrons. The number of nitrogens with one attached hydrogen (secondary N) is 2. The lowest BCUT2D eigenvalue weighted by Crippen LogP contribution is -2.52. The number of amides is 1. The van der Waals surface area contributed by atoms with Gasteiger partial charge < -0.3 is 15.4 Å². The molecule has 0 aromatic heterocycles. The van der Waals surface area contributed by atoms with Crippen LogP contribution in [0, 0.1) is 5.41 Å². The van der Waals surface area contributed by atoms with Crippen LogP contribution in [0.3, 0.4) is 0 Å². The lowest BCUT2D eigenvalue weighted by Gasteiger charge is -2.38. The Bertz CT molecular complexity index is 506. The summed E-state index contributed by atoms with van der Waals surface area (Å²) >= 11 is 0. The molecule has 0 bridgehead atoms. The molecule has 1 aliphatic rings. The highest BCUT2D eigenvalue weighted by atomic mass is 35.5. The zero-order chi connectivity index (χ0) is 17.5. The minimum atomic E-state index is -0.385. The molecule has 25 heavy (non-hydrogen) atoms. The Morgan fingerprint density at radius 3 is 2.32 bits per heavy atom. The van der Waals surface area contributed by atoms with Gasteiger partial charge in [-0.05, 0) is 44.3 Å². The van der Waals surface area contributed by atoms with Crippen LogP contribution in [0.15, 0.2) is 30.3 Å². The van der Waals surface area contributed by atoms with Gasteiger partial charge in [-0.1, -0.05) is 44.2 Å². The van der Waals surface area contributed by atoms with Crippen molar-refractivity contribution in [1.29, 1.82) is 0 Å². The molecule has 2 rings (SSSR count). The third-order valence-electron chi connectivity index (χ3n) is 5.79. The summed E-state index contributed by atoms with van der Waals surface area (Å²) in [6, 6.07) is 10.6. The number of carbonyl (C=O) groups is 1. The second-order valence-corrected chi connectivity index (χ2v) is 7.00. The highest BCUT2D eigenvalue weighted by Crippen LogP contribution is 2.33. The summed E-state index contributed by atoms with van der Waals surface area (Å²) in [7, 11) is 1.68. The fourth-order valence-corrected chi connectivity index (χ4v) is 3.86. The molecule has 1 aliphatic heterocycles. The lowest BCUT2D eigenvalue weighted by molar-refractivity contribution is -0.136. The summed E-state index contributed by atoms with van der Waals surface area (Å²) in [6.07, 6.45) is 3.69. The fraction of sp³-hybridized carbons (Fsp3) is 0.650. The summed E-state index contributed by atoms with van der Waals surface area (Å²) in [5.74, 6) is 0.146. The zero-order valence-electron chi connectivity index (χ0n) is 15.8. The number of methoxy groups -OCH3 is 1. The average Bonchev–Trinajstić information content (AvgIpc) is 2.64. The minimum Gasteiger partial charge on any atom is -0.384 e. The Balaban J connectivity index is 0.00000312. The monoisotopic (exact) mass is 368 g/mol. The molecule has 1 aromatic carbocycles. The summed E-state index contributed by atoms with van der Waals surface area (Å²) in [4.78, 5) is 13.0. The van der Waals surface area contributed by atoms with E-state index in [1.165, 1.54) is 5.56 Å². The highest BCUT2D eigenvalue weighted by molar-refractivity contribution is 5.85. The first-order valence-corrected chi connectivity index (χ1v) is 9.16. The van der Waals surface area contributed by atoms with E-state index in [1.807, 2.05) is 6.07 Å². The molecule has 0 aliphatic carbocycles. The van der Waals surface area contributed by atoms with E-state index in [9.17, 15) is 4.79 Å². The van der Waals surface area contributed by atoms with Gasteiger partial charge >= 0.3 is 0 Å². The number of rotatable bonds is 8. The SMILES string of the molecule is CCC(CC)(CNC(=O)C1(COC)CCNCC1)c1ccccc1.Cl. The first-order valence-electron chi connectivity index (χ1n) is 9.16. The van der Waals surface area contributed by atoms with Crippen molar-refractivity contribution in [3.8, 4) is 0 Å². The van der Waals surface area contributed by atoms with Crippen molar-refractivity contribution in [3.05, 3.63) is 35.9 Å². The molecule has 1 fully saturated rings. The van der Waals surface area contributed by atoms with Gasteiger partial charge in [0.1, 0.15) is 0 Å². The Labute approximate surface area is 158 Å². The van der Waals surface area contributed by atoms with Crippen molar-refractivity contribution in [3.63, 3.8) is 0 Å². The van der Waals surface area contributed by atoms with Gasteiger partial charge in [-0.2, -0.15) is 0 Å². The first-order chi connectivity index (χ1) is 11.6. The predicted octanol–water partition coefficient (Wildman–Crippen LogP) is 3.30. The maximum absolute atomic E-state index is 13.0. The molecule has 1 heterocycles. The topological polar surface area (TPSA) is 50.4 Å². The highest BCUT2D eigenvalue weighted by Gasteiger charge is 2.40. The van der Waals surface area contributed by atoms with Crippen molar-refractivity contribution >= 4 is 18.3 Å². The number of hydrogen-bond donors (Lipinski definition) is 2. The molecule has 2 N–H and O–H groups in total. The number of piperidine rings is 1. The molecular formula is C20H33ClN2O2. The van der Waals surface area contributed by atoms with Crippen molar-refractivity contribution in [1.82, 2.24) is 10.6 Å². The van der Waals surface area contributed by atoms with E-state index >= 15 is 0 Å². The zero-order valence-corrected chi connectivity index (χ0v) is 16.6. The molecular weight excluding hydrogens is 336 g/mol. The van der Waals surface area contributed by atoms with Gasteiger partial charge in [0.05, 0.1) is 12.0 Å². The van der Waals surface area contributed by atoms with Crippen molar-refractivity contribution in [2.75, 3.05) is 33.4 Å². The van der Waals surface area contributed by atoms with Gasteiger partial charge in [0.15, 0.2) is 0 Å². The van der Waals surface area contributed by atoms with E-state index in [2.05, 4.69) is 48.7 Å². The molecule has 0 radical (unpaired) electrons. The predicted molar refractivity (Wildman–Crippen MR) is 105 cm³/mol. The van der Waals surface area contributed by atoms with E-state index in [-0.39, 0.29) is 29.1 Å². The summed E-state index contributed by atoms with van der Waals surface area (Å²) < 4.78 is 5.39. The van der Waals surface area contributed by atoms with Gasteiger partial charge in [0.25, 0.3) is 0 Å². The van der Waals surface area contributed by atoms with Crippen LogP contribution in [-0.4, -0.2) is 39.3 Å². The average molecular weight is 369 g/mol. The summed E-state index contributed by atoms with van der Waals surface area (Å²) in [6.45, 7) is 7.35. The molecule has 4 nitrogen and oxygen atoms in total. The van der Waals surface area contributed by atoms with Crippen LogP contribution in [0.2, 0.25) is 0 Å². The van der Waals surface area contributed by atoms with Gasteiger partial charge in [-0.3, -0.25) is 4.79 Å². The first kappa shape index (κ1) is 21.9. The Morgan fingerprint density at radius 1 is 1.20 bits per heavy atom. The maximum Gasteiger partial charge on any atom is 0.228 e. The minimum absolute atomic E-state index is 0. The van der Waals surface area contributed by atoms with Crippen LogP contribution in [0.5, 0.6) is 0 Å². The van der Waals surface area contributed by atoms with Gasteiger partial charge in [-0.15, -0.1) is 12.4 Å². The summed E-state index contributed by atoms with van der Waals surface area (Å²) in [5, 5.41) is 6.61. The van der Waals surface area contributed by atoms with Crippen LogP contribution in [-0.2, 0) is 14.9 Å².